The van der Waals surface area contributed by atoms with Crippen LogP contribution in [0.2, 0.25) is 0 Å². The molecule has 0 fully saturated rings. The van der Waals surface area contributed by atoms with E-state index in [1.54, 1.807) is 6.92 Å². The Morgan fingerprint density at radius 2 is 2.19 bits per heavy atom. The second kappa shape index (κ2) is 3.52. The van der Waals surface area contributed by atoms with Crippen molar-refractivity contribution in [1.29, 1.82) is 0 Å². The van der Waals surface area contributed by atoms with Crippen molar-refractivity contribution in [2.24, 2.45) is 0 Å². The van der Waals surface area contributed by atoms with Crippen LogP contribution in [-0.2, 0) is 0 Å². The maximum absolute atomic E-state index is 13.4. The third-order valence-electron chi connectivity index (χ3n) is 2.54. The minimum absolute atomic E-state index is 0.0719. The first-order chi connectivity index (χ1) is 7.54. The zero-order valence-electron chi connectivity index (χ0n) is 8.80. The molecule has 0 radical (unpaired) electrons. The quantitative estimate of drug-likeness (QED) is 0.821. The number of benzene rings is 1. The van der Waals surface area contributed by atoms with Crippen LogP contribution in [0.4, 0.5) is 4.39 Å². The van der Waals surface area contributed by atoms with E-state index < -0.39 is 11.8 Å². The van der Waals surface area contributed by atoms with Crippen LogP contribution in [0.25, 0.3) is 10.9 Å². The minimum atomic E-state index is -1.06. The standard InChI is InChI=1S/C11H10FNO3/c1-5-6-3-7(12)9(16-2)4-8(6)13-10(5)11(14)15/h3-4,13H,1-2H3,(H,14,15). The van der Waals surface area contributed by atoms with Crippen molar-refractivity contribution in [2.45, 2.75) is 6.92 Å². The number of aromatic amines is 1. The summed E-state index contributed by atoms with van der Waals surface area (Å²) in [6, 6.07) is 2.72. The number of aromatic nitrogens is 1. The van der Waals surface area contributed by atoms with Crippen LogP contribution < -0.4 is 4.74 Å². The van der Waals surface area contributed by atoms with Gasteiger partial charge in [0, 0.05) is 11.5 Å². The average Bonchev–Trinajstić information content (AvgIpc) is 2.55. The van der Waals surface area contributed by atoms with Crippen molar-refractivity contribution in [2.75, 3.05) is 7.11 Å². The minimum Gasteiger partial charge on any atom is -0.494 e. The van der Waals surface area contributed by atoms with Gasteiger partial charge in [0.05, 0.1) is 12.6 Å². The van der Waals surface area contributed by atoms with Gasteiger partial charge in [0.1, 0.15) is 5.69 Å². The molecule has 16 heavy (non-hydrogen) atoms. The molecular formula is C11H10FNO3. The highest BCUT2D eigenvalue weighted by Crippen LogP contribution is 2.28. The maximum atomic E-state index is 13.4. The van der Waals surface area contributed by atoms with Gasteiger partial charge in [0.15, 0.2) is 11.6 Å². The number of H-pyrrole nitrogens is 1. The highest BCUT2D eigenvalue weighted by Gasteiger charge is 2.15. The monoisotopic (exact) mass is 223 g/mol. The molecule has 0 saturated carbocycles. The summed E-state index contributed by atoms with van der Waals surface area (Å²) in [4.78, 5) is 13.6. The molecule has 0 aliphatic rings. The Morgan fingerprint density at radius 3 is 2.75 bits per heavy atom. The average molecular weight is 223 g/mol. The molecule has 2 rings (SSSR count). The van der Waals surface area contributed by atoms with Crippen molar-refractivity contribution in [3.05, 3.63) is 29.2 Å². The first-order valence-corrected chi connectivity index (χ1v) is 4.63. The zero-order valence-corrected chi connectivity index (χ0v) is 8.80. The number of fused-ring (bicyclic) bond motifs is 1. The van der Waals surface area contributed by atoms with Crippen molar-refractivity contribution in [3.63, 3.8) is 0 Å². The third kappa shape index (κ3) is 1.41. The van der Waals surface area contributed by atoms with Gasteiger partial charge in [-0.15, -0.1) is 0 Å². The Kier molecular flexibility index (Phi) is 2.30. The maximum Gasteiger partial charge on any atom is 0.352 e. The molecule has 4 nitrogen and oxygen atoms in total. The van der Waals surface area contributed by atoms with E-state index in [0.717, 1.165) is 0 Å². The van der Waals surface area contributed by atoms with Crippen LogP contribution in [0.15, 0.2) is 12.1 Å². The van der Waals surface area contributed by atoms with E-state index in [4.69, 9.17) is 9.84 Å². The fraction of sp³-hybridized carbons (Fsp3) is 0.182. The molecule has 0 saturated heterocycles. The third-order valence-corrected chi connectivity index (χ3v) is 2.54. The van der Waals surface area contributed by atoms with Crippen molar-refractivity contribution in [1.82, 2.24) is 4.98 Å². The predicted molar refractivity (Wildman–Crippen MR) is 56.5 cm³/mol. The van der Waals surface area contributed by atoms with E-state index in [9.17, 15) is 9.18 Å². The fourth-order valence-electron chi connectivity index (χ4n) is 1.70. The Balaban J connectivity index is 2.77. The number of hydrogen-bond acceptors (Lipinski definition) is 2. The van der Waals surface area contributed by atoms with Gasteiger partial charge in [0.2, 0.25) is 0 Å². The lowest BCUT2D eigenvalue weighted by Gasteiger charge is -2.01. The SMILES string of the molecule is COc1cc2[nH]c(C(=O)O)c(C)c2cc1F. The number of aromatic carboxylic acids is 1. The number of aryl methyl sites for hydroxylation is 1. The van der Waals surface area contributed by atoms with Crippen molar-refractivity contribution in [3.8, 4) is 5.75 Å². The summed E-state index contributed by atoms with van der Waals surface area (Å²) in [5, 5.41) is 9.46. The van der Waals surface area contributed by atoms with E-state index in [0.29, 0.717) is 16.5 Å². The second-order valence-corrected chi connectivity index (χ2v) is 3.46. The van der Waals surface area contributed by atoms with Crippen LogP contribution >= 0.6 is 0 Å². The van der Waals surface area contributed by atoms with Gasteiger partial charge in [-0.3, -0.25) is 0 Å². The van der Waals surface area contributed by atoms with E-state index in [1.807, 2.05) is 0 Å². The Hall–Kier alpha value is -2.04. The molecule has 0 bridgehead atoms. The van der Waals surface area contributed by atoms with Crippen molar-refractivity contribution >= 4 is 16.9 Å². The molecule has 1 aromatic heterocycles. The topological polar surface area (TPSA) is 62.3 Å². The molecule has 0 spiro atoms. The normalized spacial score (nSPS) is 10.7. The molecule has 0 amide bonds. The number of hydrogen-bond donors (Lipinski definition) is 2. The lowest BCUT2D eigenvalue weighted by molar-refractivity contribution is 0.0691. The van der Waals surface area contributed by atoms with Gasteiger partial charge in [-0.2, -0.15) is 0 Å². The number of ether oxygens (including phenoxy) is 1. The fourth-order valence-corrected chi connectivity index (χ4v) is 1.70. The largest absolute Gasteiger partial charge is 0.494 e. The molecule has 0 aliphatic carbocycles. The smallest absolute Gasteiger partial charge is 0.352 e. The Labute approximate surface area is 90.7 Å². The lowest BCUT2D eigenvalue weighted by atomic mass is 10.1. The van der Waals surface area contributed by atoms with E-state index >= 15 is 0 Å². The van der Waals surface area contributed by atoms with Gasteiger partial charge in [-0.25, -0.2) is 9.18 Å². The number of halogens is 1. The van der Waals surface area contributed by atoms with E-state index in [-0.39, 0.29) is 11.4 Å². The van der Waals surface area contributed by atoms with Gasteiger partial charge in [-0.05, 0) is 18.6 Å². The molecule has 5 heteroatoms. The van der Waals surface area contributed by atoms with Crippen molar-refractivity contribution < 1.29 is 19.0 Å². The number of carbonyl (C=O) groups is 1. The van der Waals surface area contributed by atoms with Gasteiger partial charge < -0.3 is 14.8 Å². The van der Waals surface area contributed by atoms with E-state index in [1.165, 1.54) is 19.2 Å². The molecule has 2 N–H and O–H groups in total. The zero-order chi connectivity index (χ0) is 11.9. The first kappa shape index (κ1) is 10.5. The molecule has 0 unspecified atom stereocenters. The summed E-state index contributed by atoms with van der Waals surface area (Å²) >= 11 is 0. The summed E-state index contributed by atoms with van der Waals surface area (Å²) in [6.07, 6.45) is 0. The number of carboxylic acid groups (broad SMARTS) is 1. The number of carboxylic acids is 1. The summed E-state index contributed by atoms with van der Waals surface area (Å²) < 4.78 is 18.2. The highest BCUT2D eigenvalue weighted by molar-refractivity contribution is 5.97. The van der Waals surface area contributed by atoms with Crippen LogP contribution in [0, 0.1) is 12.7 Å². The van der Waals surface area contributed by atoms with Crippen LogP contribution in [-0.4, -0.2) is 23.2 Å². The molecule has 1 heterocycles. The summed E-state index contributed by atoms with van der Waals surface area (Å²) in [5.41, 5.74) is 1.14. The summed E-state index contributed by atoms with van der Waals surface area (Å²) in [5.74, 6) is -1.48. The Morgan fingerprint density at radius 1 is 1.50 bits per heavy atom. The molecular weight excluding hydrogens is 213 g/mol. The molecule has 84 valence electrons. The molecule has 2 aromatic rings. The summed E-state index contributed by atoms with van der Waals surface area (Å²) in [6.45, 7) is 1.63. The van der Waals surface area contributed by atoms with Crippen LogP contribution in [0.3, 0.4) is 0 Å². The second-order valence-electron chi connectivity index (χ2n) is 3.46. The van der Waals surface area contributed by atoms with E-state index in [2.05, 4.69) is 4.98 Å². The van der Waals surface area contributed by atoms with Crippen LogP contribution in [0.5, 0.6) is 5.75 Å². The van der Waals surface area contributed by atoms with Gasteiger partial charge >= 0.3 is 5.97 Å². The first-order valence-electron chi connectivity index (χ1n) is 4.63. The number of methoxy groups -OCH3 is 1. The summed E-state index contributed by atoms with van der Waals surface area (Å²) in [7, 11) is 1.36. The Bertz CT molecular complexity index is 574. The van der Waals surface area contributed by atoms with Crippen LogP contribution in [0.1, 0.15) is 16.1 Å². The molecule has 0 aliphatic heterocycles. The lowest BCUT2D eigenvalue weighted by Crippen LogP contribution is -1.97. The van der Waals surface area contributed by atoms with Gasteiger partial charge in [0.25, 0.3) is 0 Å². The van der Waals surface area contributed by atoms with Gasteiger partial charge in [-0.1, -0.05) is 0 Å². The predicted octanol–water partition coefficient (Wildman–Crippen LogP) is 2.32. The molecule has 0 atom stereocenters. The number of nitrogens with one attached hydrogen (secondary N) is 1. The number of rotatable bonds is 2. The highest BCUT2D eigenvalue weighted by atomic mass is 19.1. The molecule has 1 aromatic carbocycles.